The smallest absolute Gasteiger partial charge is 0.186 e. The van der Waals surface area contributed by atoms with Crippen LogP contribution in [0, 0.1) is 0 Å². The van der Waals surface area contributed by atoms with Crippen LogP contribution in [0.2, 0.25) is 0 Å². The van der Waals surface area contributed by atoms with Crippen molar-refractivity contribution in [3.63, 3.8) is 0 Å². The van der Waals surface area contributed by atoms with Gasteiger partial charge < -0.3 is 4.90 Å². The second-order valence-electron chi connectivity index (χ2n) is 6.36. The maximum absolute atomic E-state index is 11.3. The van der Waals surface area contributed by atoms with Gasteiger partial charge in [0.1, 0.15) is 0 Å². The summed E-state index contributed by atoms with van der Waals surface area (Å²) in [5, 5.41) is 1.04. The van der Waals surface area contributed by atoms with Gasteiger partial charge in [0, 0.05) is 18.0 Å². The standard InChI is InChI=1S/C15H24N2OS/c1-5-6-9-17(11-7-8-11)14-16-13(15(2,3)4)12(10-18)19-14/h10-11H,5-9H2,1-4H3. The van der Waals surface area contributed by atoms with E-state index >= 15 is 0 Å². The van der Waals surface area contributed by atoms with Crippen molar-refractivity contribution < 1.29 is 4.79 Å². The molecule has 1 aromatic rings. The number of carbonyl (C=O) groups excluding carboxylic acids is 1. The summed E-state index contributed by atoms with van der Waals surface area (Å²) in [7, 11) is 0. The molecular weight excluding hydrogens is 256 g/mol. The van der Waals surface area contributed by atoms with Crippen molar-refractivity contribution in [2.75, 3.05) is 11.4 Å². The van der Waals surface area contributed by atoms with E-state index in [-0.39, 0.29) is 5.41 Å². The molecular formula is C15H24N2OS. The molecule has 1 aliphatic rings. The number of thiazole rings is 1. The van der Waals surface area contributed by atoms with Gasteiger partial charge in [-0.15, -0.1) is 0 Å². The molecule has 0 unspecified atom stereocenters. The maximum atomic E-state index is 11.3. The highest BCUT2D eigenvalue weighted by Gasteiger charge is 2.32. The van der Waals surface area contributed by atoms with Crippen LogP contribution in [0.3, 0.4) is 0 Å². The first-order valence-electron chi connectivity index (χ1n) is 7.20. The third-order valence-electron chi connectivity index (χ3n) is 3.45. The SMILES string of the molecule is CCCCN(c1nc(C(C)(C)C)c(C=O)s1)C1CC1. The summed E-state index contributed by atoms with van der Waals surface area (Å²) >= 11 is 1.56. The Morgan fingerprint density at radius 1 is 1.42 bits per heavy atom. The van der Waals surface area contributed by atoms with E-state index in [2.05, 4.69) is 32.6 Å². The minimum Gasteiger partial charge on any atom is -0.345 e. The van der Waals surface area contributed by atoms with E-state index in [1.807, 2.05) is 0 Å². The lowest BCUT2D eigenvalue weighted by Gasteiger charge is -2.21. The Morgan fingerprint density at radius 2 is 2.11 bits per heavy atom. The molecule has 0 saturated heterocycles. The number of rotatable bonds is 6. The third-order valence-corrected chi connectivity index (χ3v) is 4.46. The Kier molecular flexibility index (Phi) is 4.29. The molecule has 3 nitrogen and oxygen atoms in total. The quantitative estimate of drug-likeness (QED) is 0.738. The van der Waals surface area contributed by atoms with Crippen LogP contribution in [0.25, 0.3) is 0 Å². The Hall–Kier alpha value is -0.900. The Bertz CT molecular complexity index is 443. The molecule has 1 aromatic heterocycles. The van der Waals surface area contributed by atoms with Crippen LogP contribution >= 0.6 is 11.3 Å². The average molecular weight is 280 g/mol. The summed E-state index contributed by atoms with van der Waals surface area (Å²) < 4.78 is 0. The van der Waals surface area contributed by atoms with Crippen LogP contribution in [0.15, 0.2) is 0 Å². The lowest BCUT2D eigenvalue weighted by atomic mass is 9.91. The van der Waals surface area contributed by atoms with E-state index in [9.17, 15) is 4.79 Å². The number of carbonyl (C=O) groups is 1. The van der Waals surface area contributed by atoms with Crippen LogP contribution in [0.1, 0.15) is 68.7 Å². The zero-order valence-electron chi connectivity index (χ0n) is 12.4. The highest BCUT2D eigenvalue weighted by Crippen LogP contribution is 2.38. The summed E-state index contributed by atoms with van der Waals surface area (Å²) in [6.07, 6.45) is 5.89. The van der Waals surface area contributed by atoms with Crippen LogP contribution in [-0.4, -0.2) is 23.9 Å². The van der Waals surface area contributed by atoms with Crippen LogP contribution < -0.4 is 4.90 Å². The summed E-state index contributed by atoms with van der Waals surface area (Å²) in [5.74, 6) is 0. The van der Waals surface area contributed by atoms with Gasteiger partial charge >= 0.3 is 0 Å². The van der Waals surface area contributed by atoms with Gasteiger partial charge in [0.25, 0.3) is 0 Å². The number of hydrogen-bond donors (Lipinski definition) is 0. The fourth-order valence-electron chi connectivity index (χ4n) is 2.21. The zero-order chi connectivity index (χ0) is 14.0. The van der Waals surface area contributed by atoms with Gasteiger partial charge in [-0.2, -0.15) is 0 Å². The largest absolute Gasteiger partial charge is 0.345 e. The second kappa shape index (κ2) is 5.61. The predicted molar refractivity (Wildman–Crippen MR) is 81.5 cm³/mol. The van der Waals surface area contributed by atoms with Crippen molar-refractivity contribution in [2.45, 2.75) is 64.8 Å². The van der Waals surface area contributed by atoms with Gasteiger partial charge in [0.05, 0.1) is 10.6 Å². The fraction of sp³-hybridized carbons (Fsp3) is 0.733. The molecule has 106 valence electrons. The molecule has 0 spiro atoms. The van der Waals surface area contributed by atoms with Gasteiger partial charge in [-0.1, -0.05) is 45.5 Å². The topological polar surface area (TPSA) is 33.2 Å². The first-order chi connectivity index (χ1) is 8.97. The third kappa shape index (κ3) is 3.35. The van der Waals surface area contributed by atoms with Crippen molar-refractivity contribution in [2.24, 2.45) is 0 Å². The number of hydrogen-bond acceptors (Lipinski definition) is 4. The number of unbranched alkanes of at least 4 members (excludes halogenated alkanes) is 1. The zero-order valence-corrected chi connectivity index (χ0v) is 13.2. The van der Waals surface area contributed by atoms with Crippen LogP contribution in [-0.2, 0) is 5.41 Å². The normalized spacial score (nSPS) is 15.6. The fourth-order valence-corrected chi connectivity index (χ4v) is 3.40. The average Bonchev–Trinajstić information content (AvgIpc) is 3.07. The number of aromatic nitrogens is 1. The molecule has 1 heterocycles. The molecule has 1 saturated carbocycles. The first-order valence-corrected chi connectivity index (χ1v) is 8.02. The lowest BCUT2D eigenvalue weighted by molar-refractivity contribution is 0.112. The molecule has 0 atom stereocenters. The minimum absolute atomic E-state index is 0.0645. The second-order valence-corrected chi connectivity index (χ2v) is 7.36. The van der Waals surface area contributed by atoms with Crippen LogP contribution in [0.4, 0.5) is 5.13 Å². The van der Waals surface area contributed by atoms with Crippen molar-refractivity contribution in [3.8, 4) is 0 Å². The molecule has 2 rings (SSSR count). The van der Waals surface area contributed by atoms with Gasteiger partial charge in [-0.05, 0) is 19.3 Å². The predicted octanol–water partition coefficient (Wildman–Crippen LogP) is 4.02. The molecule has 0 radical (unpaired) electrons. The maximum Gasteiger partial charge on any atom is 0.186 e. The lowest BCUT2D eigenvalue weighted by Crippen LogP contribution is -2.27. The number of aldehydes is 1. The minimum atomic E-state index is -0.0645. The van der Waals surface area contributed by atoms with E-state index in [0.717, 1.165) is 28.5 Å². The Balaban J connectivity index is 2.27. The molecule has 0 bridgehead atoms. The first kappa shape index (κ1) is 14.5. The van der Waals surface area contributed by atoms with Crippen molar-refractivity contribution in [3.05, 3.63) is 10.6 Å². The highest BCUT2D eigenvalue weighted by atomic mass is 32.1. The van der Waals surface area contributed by atoms with E-state index in [4.69, 9.17) is 4.98 Å². The molecule has 19 heavy (non-hydrogen) atoms. The summed E-state index contributed by atoms with van der Waals surface area (Å²) in [6, 6.07) is 0.657. The highest BCUT2D eigenvalue weighted by molar-refractivity contribution is 7.17. The summed E-state index contributed by atoms with van der Waals surface area (Å²) in [6.45, 7) is 9.63. The molecule has 0 aromatic carbocycles. The van der Waals surface area contributed by atoms with Gasteiger partial charge in [0.2, 0.25) is 0 Å². The Labute approximate surface area is 120 Å². The van der Waals surface area contributed by atoms with Crippen molar-refractivity contribution in [1.29, 1.82) is 0 Å². The summed E-state index contributed by atoms with van der Waals surface area (Å²) in [5.41, 5.74) is 0.884. The molecule has 0 aliphatic heterocycles. The Morgan fingerprint density at radius 3 is 2.53 bits per heavy atom. The van der Waals surface area contributed by atoms with Gasteiger partial charge in [0.15, 0.2) is 11.4 Å². The van der Waals surface area contributed by atoms with E-state index in [0.29, 0.717) is 6.04 Å². The van der Waals surface area contributed by atoms with Crippen molar-refractivity contribution in [1.82, 2.24) is 4.98 Å². The number of anilines is 1. The molecule has 4 heteroatoms. The van der Waals surface area contributed by atoms with Gasteiger partial charge in [-0.25, -0.2) is 4.98 Å². The van der Waals surface area contributed by atoms with E-state index < -0.39 is 0 Å². The van der Waals surface area contributed by atoms with E-state index in [1.165, 1.54) is 25.7 Å². The molecule has 0 amide bonds. The van der Waals surface area contributed by atoms with Crippen molar-refractivity contribution >= 4 is 22.8 Å². The monoisotopic (exact) mass is 280 g/mol. The number of nitrogens with zero attached hydrogens (tertiary/aromatic N) is 2. The summed E-state index contributed by atoms with van der Waals surface area (Å²) in [4.78, 5) is 19.3. The molecule has 0 N–H and O–H groups in total. The van der Waals surface area contributed by atoms with Gasteiger partial charge in [-0.3, -0.25) is 4.79 Å². The van der Waals surface area contributed by atoms with Crippen LogP contribution in [0.5, 0.6) is 0 Å². The molecule has 1 aliphatic carbocycles. The molecule has 1 fully saturated rings. The van der Waals surface area contributed by atoms with E-state index in [1.54, 1.807) is 11.3 Å².